The Kier molecular flexibility index (Phi) is 12.2. The van der Waals surface area contributed by atoms with Gasteiger partial charge in [0.1, 0.15) is 0 Å². The van der Waals surface area contributed by atoms with Gasteiger partial charge in [0.2, 0.25) is 0 Å². The normalized spacial score (nSPS) is 14.9. The zero-order valence-electron chi connectivity index (χ0n) is 17.5. The lowest BCUT2D eigenvalue weighted by Crippen LogP contribution is -2.29. The quantitative estimate of drug-likeness (QED) is 0.208. The van der Waals surface area contributed by atoms with Gasteiger partial charge < -0.3 is 0 Å². The van der Waals surface area contributed by atoms with Crippen LogP contribution in [-0.2, 0) is 0 Å². The summed E-state index contributed by atoms with van der Waals surface area (Å²) >= 11 is 0. The topological polar surface area (TPSA) is 0 Å². The minimum atomic E-state index is 0.159. The van der Waals surface area contributed by atoms with Crippen LogP contribution in [0.1, 0.15) is 105 Å². The van der Waals surface area contributed by atoms with Crippen LogP contribution in [0.15, 0.2) is 36.5 Å². The highest BCUT2D eigenvalue weighted by atomic mass is 14.4. The van der Waals surface area contributed by atoms with Crippen LogP contribution >= 0.6 is 0 Å². The lowest BCUT2D eigenvalue weighted by atomic mass is 9.65. The lowest BCUT2D eigenvalue weighted by molar-refractivity contribution is 0.234. The minimum Gasteiger partial charge on any atom is -0.100 e. The Morgan fingerprint density at radius 3 is 1.75 bits per heavy atom. The van der Waals surface area contributed by atoms with E-state index in [1.165, 1.54) is 74.5 Å². The first-order valence-corrected chi connectivity index (χ1v) is 10.2. The number of unbranched alkanes of at least 4 members (excludes halogenated alkanes) is 7. The van der Waals surface area contributed by atoms with E-state index in [9.17, 15) is 0 Å². The highest BCUT2D eigenvalue weighted by Crippen LogP contribution is 2.45. The molecule has 0 nitrogen and oxygen atoms in total. The van der Waals surface area contributed by atoms with Crippen molar-refractivity contribution in [1.82, 2.24) is 0 Å². The van der Waals surface area contributed by atoms with Crippen molar-refractivity contribution in [2.45, 2.75) is 105 Å². The lowest BCUT2D eigenvalue weighted by Gasteiger charge is -2.40. The fourth-order valence-electron chi connectivity index (χ4n) is 3.75. The molecule has 0 aliphatic heterocycles. The third-order valence-corrected chi connectivity index (χ3v) is 5.76. The van der Waals surface area contributed by atoms with Gasteiger partial charge in [-0.2, -0.15) is 0 Å². The molecular weight excluding hydrogens is 288 g/mol. The Morgan fingerprint density at radius 1 is 0.833 bits per heavy atom. The third kappa shape index (κ3) is 8.90. The Bertz CT molecular complexity index is 387. The minimum absolute atomic E-state index is 0.159. The molecular formula is C24H44. The number of hydrogen-bond donors (Lipinski definition) is 0. The van der Waals surface area contributed by atoms with Crippen molar-refractivity contribution < 1.29 is 0 Å². The van der Waals surface area contributed by atoms with Crippen LogP contribution in [0, 0.1) is 11.3 Å². The molecule has 0 bridgehead atoms. The molecule has 0 amide bonds. The van der Waals surface area contributed by atoms with Gasteiger partial charge >= 0.3 is 0 Å². The van der Waals surface area contributed by atoms with Crippen LogP contribution in [0.3, 0.4) is 0 Å². The van der Waals surface area contributed by atoms with Crippen LogP contribution in [0.5, 0.6) is 0 Å². The molecule has 0 N–H and O–H groups in total. The van der Waals surface area contributed by atoms with Crippen molar-refractivity contribution in [3.05, 3.63) is 36.5 Å². The molecule has 0 aliphatic carbocycles. The first-order chi connectivity index (χ1) is 11.3. The summed E-state index contributed by atoms with van der Waals surface area (Å²) in [4.78, 5) is 0. The molecule has 0 radical (unpaired) electrons. The molecule has 0 heterocycles. The van der Waals surface area contributed by atoms with Gasteiger partial charge in [0.05, 0.1) is 0 Å². The summed E-state index contributed by atoms with van der Waals surface area (Å²) in [6.45, 7) is 23.9. The molecule has 140 valence electrons. The first kappa shape index (κ1) is 23.2. The van der Waals surface area contributed by atoms with E-state index in [0.29, 0.717) is 5.92 Å². The molecule has 0 fully saturated rings. The molecule has 0 rings (SSSR count). The van der Waals surface area contributed by atoms with Crippen LogP contribution in [-0.4, -0.2) is 0 Å². The highest BCUT2D eigenvalue weighted by Gasteiger charge is 2.34. The summed E-state index contributed by atoms with van der Waals surface area (Å²) in [6, 6.07) is 0. The second-order valence-corrected chi connectivity index (χ2v) is 8.32. The van der Waals surface area contributed by atoms with Gasteiger partial charge in [0.15, 0.2) is 0 Å². The molecule has 0 aliphatic rings. The zero-order valence-corrected chi connectivity index (χ0v) is 17.5. The van der Waals surface area contributed by atoms with Crippen molar-refractivity contribution in [2.24, 2.45) is 11.3 Å². The van der Waals surface area contributed by atoms with Gasteiger partial charge in [-0.1, -0.05) is 95.1 Å². The summed E-state index contributed by atoms with van der Waals surface area (Å²) in [5.74, 6) is 0.550. The monoisotopic (exact) mass is 332 g/mol. The predicted molar refractivity (Wildman–Crippen MR) is 113 cm³/mol. The van der Waals surface area contributed by atoms with E-state index in [4.69, 9.17) is 0 Å². The largest absolute Gasteiger partial charge is 0.100 e. The summed E-state index contributed by atoms with van der Waals surface area (Å²) in [7, 11) is 0. The molecule has 0 aromatic rings. The summed E-state index contributed by atoms with van der Waals surface area (Å²) in [5.41, 5.74) is 4.06. The van der Waals surface area contributed by atoms with E-state index >= 15 is 0 Å². The molecule has 0 saturated heterocycles. The standard InChI is InChI=1S/C24H44/c1-9-10-11-12-13-14-15-16-17-23(21(4)5)24(8,22(6)7)19-18-20(2)3/h23H,2,4,6,9-19H2,1,3,5,7-8H3. The van der Waals surface area contributed by atoms with E-state index in [2.05, 4.69) is 54.4 Å². The first-order valence-electron chi connectivity index (χ1n) is 10.2. The Labute approximate surface area is 153 Å². The molecule has 0 heteroatoms. The van der Waals surface area contributed by atoms with E-state index in [1.807, 2.05) is 0 Å². The summed E-state index contributed by atoms with van der Waals surface area (Å²) in [6.07, 6.45) is 14.5. The maximum atomic E-state index is 4.32. The van der Waals surface area contributed by atoms with Gasteiger partial charge in [-0.15, -0.1) is 6.58 Å². The second-order valence-electron chi connectivity index (χ2n) is 8.32. The van der Waals surface area contributed by atoms with E-state index < -0.39 is 0 Å². The molecule has 0 saturated carbocycles. The van der Waals surface area contributed by atoms with Crippen molar-refractivity contribution in [2.75, 3.05) is 0 Å². The van der Waals surface area contributed by atoms with E-state index in [1.54, 1.807) is 0 Å². The maximum absolute atomic E-state index is 4.32. The predicted octanol–water partition coefficient (Wildman–Crippen LogP) is 8.65. The third-order valence-electron chi connectivity index (χ3n) is 5.76. The molecule has 0 aromatic carbocycles. The molecule has 0 spiro atoms. The van der Waals surface area contributed by atoms with E-state index in [0.717, 1.165) is 12.8 Å². The Hall–Kier alpha value is -0.780. The van der Waals surface area contributed by atoms with Crippen LogP contribution < -0.4 is 0 Å². The van der Waals surface area contributed by atoms with E-state index in [-0.39, 0.29) is 5.41 Å². The van der Waals surface area contributed by atoms with Crippen LogP contribution in [0.2, 0.25) is 0 Å². The summed E-state index contributed by atoms with van der Waals surface area (Å²) < 4.78 is 0. The molecule has 24 heavy (non-hydrogen) atoms. The van der Waals surface area contributed by atoms with Crippen molar-refractivity contribution in [3.63, 3.8) is 0 Å². The molecule has 2 unspecified atom stereocenters. The van der Waals surface area contributed by atoms with Crippen molar-refractivity contribution in [3.8, 4) is 0 Å². The van der Waals surface area contributed by atoms with Gasteiger partial charge in [0.25, 0.3) is 0 Å². The zero-order chi connectivity index (χ0) is 18.6. The van der Waals surface area contributed by atoms with Gasteiger partial charge in [0, 0.05) is 0 Å². The van der Waals surface area contributed by atoms with Gasteiger partial charge in [-0.05, 0) is 51.4 Å². The maximum Gasteiger partial charge on any atom is -0.00536 e. The number of hydrogen-bond acceptors (Lipinski definition) is 0. The number of rotatable bonds is 15. The van der Waals surface area contributed by atoms with Crippen molar-refractivity contribution in [1.29, 1.82) is 0 Å². The average molecular weight is 333 g/mol. The smallest absolute Gasteiger partial charge is 0.00536 e. The average Bonchev–Trinajstić information content (AvgIpc) is 2.50. The van der Waals surface area contributed by atoms with Crippen LogP contribution in [0.25, 0.3) is 0 Å². The SMILES string of the molecule is C=C(C)CCC(C)(C(=C)C)C(CCCCCCCCCC)C(=C)C. The Morgan fingerprint density at radius 2 is 1.33 bits per heavy atom. The molecule has 0 aromatic heterocycles. The van der Waals surface area contributed by atoms with Crippen LogP contribution in [0.4, 0.5) is 0 Å². The van der Waals surface area contributed by atoms with Crippen molar-refractivity contribution >= 4 is 0 Å². The fraction of sp³-hybridized carbons (Fsp3) is 0.750. The fourth-order valence-corrected chi connectivity index (χ4v) is 3.75. The number of allylic oxidation sites excluding steroid dienone is 3. The summed E-state index contributed by atoms with van der Waals surface area (Å²) in [5, 5.41) is 0. The highest BCUT2D eigenvalue weighted by molar-refractivity contribution is 5.16. The molecule has 2 atom stereocenters. The van der Waals surface area contributed by atoms with Gasteiger partial charge in [-0.25, -0.2) is 0 Å². The second kappa shape index (κ2) is 12.6. The Balaban J connectivity index is 4.46. The van der Waals surface area contributed by atoms with Gasteiger partial charge in [-0.3, -0.25) is 0 Å².